The summed E-state index contributed by atoms with van der Waals surface area (Å²) in [7, 11) is 0. The number of hydrogen-bond donors (Lipinski definition) is 0. The summed E-state index contributed by atoms with van der Waals surface area (Å²) in [5, 5.41) is 0. The van der Waals surface area contributed by atoms with Gasteiger partial charge >= 0.3 is 6.18 Å². The molecular formula is C19H21F3N4O3. The van der Waals surface area contributed by atoms with Crippen LogP contribution in [0.4, 0.5) is 19.0 Å². The van der Waals surface area contributed by atoms with Crippen molar-refractivity contribution in [3.05, 3.63) is 30.1 Å². The predicted molar refractivity (Wildman–Crippen MR) is 97.8 cm³/mol. The van der Waals surface area contributed by atoms with Gasteiger partial charge in [0.05, 0.1) is 32.0 Å². The number of anilines is 1. The molecule has 2 fully saturated rings. The largest absolute Gasteiger partial charge is 0.474 e. The van der Waals surface area contributed by atoms with Gasteiger partial charge in [-0.3, -0.25) is 4.98 Å². The Bertz CT molecular complexity index is 838. The molecule has 0 aliphatic carbocycles. The molecule has 0 N–H and O–H groups in total. The quantitative estimate of drug-likeness (QED) is 0.768. The fourth-order valence-electron chi connectivity index (χ4n) is 3.33. The zero-order chi connectivity index (χ0) is 20.3. The maximum atomic E-state index is 13.5. The Morgan fingerprint density at radius 2 is 1.76 bits per heavy atom. The predicted octanol–water partition coefficient (Wildman–Crippen LogP) is 2.95. The molecule has 4 rings (SSSR count). The van der Waals surface area contributed by atoms with Crippen LogP contribution in [0.15, 0.2) is 24.5 Å². The van der Waals surface area contributed by atoms with Gasteiger partial charge in [-0.15, -0.1) is 0 Å². The van der Waals surface area contributed by atoms with Gasteiger partial charge < -0.3 is 19.1 Å². The maximum Gasteiger partial charge on any atom is 0.417 e. The average molecular weight is 410 g/mol. The lowest BCUT2D eigenvalue weighted by Gasteiger charge is -2.29. The first kappa shape index (κ1) is 19.8. The van der Waals surface area contributed by atoms with E-state index in [1.54, 1.807) is 6.07 Å². The molecule has 7 nitrogen and oxygen atoms in total. The van der Waals surface area contributed by atoms with Gasteiger partial charge in [0.15, 0.2) is 5.82 Å². The molecule has 2 saturated heterocycles. The van der Waals surface area contributed by atoms with Crippen LogP contribution in [0.5, 0.6) is 5.88 Å². The Morgan fingerprint density at radius 1 is 1.03 bits per heavy atom. The van der Waals surface area contributed by atoms with Gasteiger partial charge in [0, 0.05) is 50.0 Å². The third kappa shape index (κ3) is 4.76. The van der Waals surface area contributed by atoms with Gasteiger partial charge in [-0.2, -0.15) is 18.2 Å². The molecule has 0 unspecified atom stereocenters. The van der Waals surface area contributed by atoms with E-state index < -0.39 is 11.7 Å². The van der Waals surface area contributed by atoms with E-state index in [-0.39, 0.29) is 23.4 Å². The van der Waals surface area contributed by atoms with Crippen molar-refractivity contribution in [1.29, 1.82) is 0 Å². The van der Waals surface area contributed by atoms with Crippen LogP contribution in [0.25, 0.3) is 11.4 Å². The van der Waals surface area contributed by atoms with Gasteiger partial charge in [0.1, 0.15) is 11.9 Å². The minimum absolute atomic E-state index is 0.0588. The van der Waals surface area contributed by atoms with E-state index in [9.17, 15) is 13.2 Å². The number of morpholine rings is 1. The van der Waals surface area contributed by atoms with Crippen LogP contribution in [0.2, 0.25) is 0 Å². The van der Waals surface area contributed by atoms with Crippen LogP contribution in [-0.4, -0.2) is 60.6 Å². The molecule has 2 aromatic rings. The van der Waals surface area contributed by atoms with E-state index in [0.29, 0.717) is 58.2 Å². The highest BCUT2D eigenvalue weighted by Gasteiger charge is 2.35. The summed E-state index contributed by atoms with van der Waals surface area (Å²) in [6.45, 7) is 3.39. The molecule has 2 aliphatic heterocycles. The van der Waals surface area contributed by atoms with E-state index in [2.05, 4.69) is 15.0 Å². The average Bonchev–Trinajstić information content (AvgIpc) is 2.74. The molecule has 0 spiro atoms. The summed E-state index contributed by atoms with van der Waals surface area (Å²) in [5.41, 5.74) is -1.00. The van der Waals surface area contributed by atoms with Crippen LogP contribution < -0.4 is 9.64 Å². The SMILES string of the molecule is FC(F)(F)c1ccncc1-c1nc(OC2CCOCC2)cc(N2CCOCC2)n1. The summed E-state index contributed by atoms with van der Waals surface area (Å²) >= 11 is 0. The minimum atomic E-state index is -4.54. The second-order valence-electron chi connectivity index (χ2n) is 6.84. The Morgan fingerprint density at radius 3 is 2.48 bits per heavy atom. The summed E-state index contributed by atoms with van der Waals surface area (Å²) in [5.74, 6) is 0.703. The summed E-state index contributed by atoms with van der Waals surface area (Å²) < 4.78 is 57.2. The number of pyridine rings is 1. The van der Waals surface area contributed by atoms with E-state index >= 15 is 0 Å². The van der Waals surface area contributed by atoms with Crippen LogP contribution in [0.1, 0.15) is 18.4 Å². The van der Waals surface area contributed by atoms with Crippen molar-refractivity contribution >= 4 is 5.82 Å². The maximum absolute atomic E-state index is 13.5. The molecule has 0 saturated carbocycles. The molecule has 0 bridgehead atoms. The smallest absolute Gasteiger partial charge is 0.417 e. The first-order valence-corrected chi connectivity index (χ1v) is 9.48. The molecule has 0 aromatic carbocycles. The highest BCUT2D eigenvalue weighted by Crippen LogP contribution is 2.36. The van der Waals surface area contributed by atoms with Crippen LogP contribution in [0.3, 0.4) is 0 Å². The third-order valence-corrected chi connectivity index (χ3v) is 4.85. The second-order valence-corrected chi connectivity index (χ2v) is 6.84. The molecule has 2 aromatic heterocycles. The molecule has 156 valence electrons. The lowest BCUT2D eigenvalue weighted by molar-refractivity contribution is -0.137. The lowest BCUT2D eigenvalue weighted by atomic mass is 10.1. The Labute approximate surface area is 165 Å². The van der Waals surface area contributed by atoms with Crippen molar-refractivity contribution in [3.63, 3.8) is 0 Å². The van der Waals surface area contributed by atoms with E-state index in [1.165, 1.54) is 0 Å². The fraction of sp³-hybridized carbons (Fsp3) is 0.526. The highest BCUT2D eigenvalue weighted by atomic mass is 19.4. The summed E-state index contributed by atoms with van der Waals surface area (Å²) in [6.07, 6.45) is -0.991. The molecule has 2 aliphatic rings. The van der Waals surface area contributed by atoms with Gasteiger partial charge in [0.2, 0.25) is 5.88 Å². The number of ether oxygens (including phenoxy) is 3. The van der Waals surface area contributed by atoms with Crippen LogP contribution >= 0.6 is 0 Å². The number of rotatable bonds is 4. The van der Waals surface area contributed by atoms with E-state index in [1.807, 2.05) is 4.90 Å². The molecule has 29 heavy (non-hydrogen) atoms. The van der Waals surface area contributed by atoms with Crippen LogP contribution in [-0.2, 0) is 15.7 Å². The molecule has 0 atom stereocenters. The number of hydrogen-bond acceptors (Lipinski definition) is 7. The molecular weight excluding hydrogens is 389 g/mol. The van der Waals surface area contributed by atoms with Crippen molar-refractivity contribution in [2.75, 3.05) is 44.4 Å². The monoisotopic (exact) mass is 410 g/mol. The van der Waals surface area contributed by atoms with E-state index in [4.69, 9.17) is 14.2 Å². The Balaban J connectivity index is 1.73. The summed E-state index contributed by atoms with van der Waals surface area (Å²) in [6, 6.07) is 2.60. The van der Waals surface area contributed by atoms with Gasteiger partial charge in [0.25, 0.3) is 0 Å². The molecule has 0 radical (unpaired) electrons. The van der Waals surface area contributed by atoms with Gasteiger partial charge in [-0.1, -0.05) is 0 Å². The van der Waals surface area contributed by atoms with Crippen LogP contribution in [0, 0.1) is 0 Å². The van der Waals surface area contributed by atoms with Gasteiger partial charge in [-0.05, 0) is 6.07 Å². The van der Waals surface area contributed by atoms with E-state index in [0.717, 1.165) is 18.5 Å². The van der Waals surface area contributed by atoms with Crippen molar-refractivity contribution in [3.8, 4) is 17.3 Å². The number of halogens is 3. The topological polar surface area (TPSA) is 69.6 Å². The number of nitrogens with zero attached hydrogens (tertiary/aromatic N) is 4. The molecule has 0 amide bonds. The molecule has 4 heterocycles. The van der Waals surface area contributed by atoms with Crippen molar-refractivity contribution in [2.45, 2.75) is 25.1 Å². The van der Waals surface area contributed by atoms with Crippen molar-refractivity contribution in [2.24, 2.45) is 0 Å². The lowest BCUT2D eigenvalue weighted by Crippen LogP contribution is -2.37. The number of aromatic nitrogens is 3. The first-order chi connectivity index (χ1) is 14.0. The summed E-state index contributed by atoms with van der Waals surface area (Å²) in [4.78, 5) is 14.5. The zero-order valence-corrected chi connectivity index (χ0v) is 15.7. The van der Waals surface area contributed by atoms with Crippen molar-refractivity contribution < 1.29 is 27.4 Å². The standard InChI is InChI=1S/C19H21F3N4O3/c20-19(21,22)15-1-4-23-12-14(15)18-24-16(26-5-9-28-10-6-26)11-17(25-18)29-13-2-7-27-8-3-13/h1,4,11-13H,2-3,5-10H2. The zero-order valence-electron chi connectivity index (χ0n) is 15.7. The first-order valence-electron chi connectivity index (χ1n) is 9.48. The number of alkyl halides is 3. The normalized spacial score (nSPS) is 18.7. The van der Waals surface area contributed by atoms with Gasteiger partial charge in [-0.25, -0.2) is 4.98 Å². The third-order valence-electron chi connectivity index (χ3n) is 4.85. The second kappa shape index (κ2) is 8.50. The Hall–Kier alpha value is -2.46. The minimum Gasteiger partial charge on any atom is -0.474 e. The fourth-order valence-corrected chi connectivity index (χ4v) is 3.33. The molecule has 10 heteroatoms. The van der Waals surface area contributed by atoms with Crippen molar-refractivity contribution in [1.82, 2.24) is 15.0 Å². The highest BCUT2D eigenvalue weighted by molar-refractivity contribution is 5.62. The Kier molecular flexibility index (Phi) is 5.81.